The predicted octanol–water partition coefficient (Wildman–Crippen LogP) is 0.149. The minimum atomic E-state index is -4.79. The number of rotatable bonds is 7. The number of aromatic nitrogens is 2. The first-order valence-corrected chi connectivity index (χ1v) is 11.0. The minimum absolute atomic E-state index is 0.0116. The molecule has 0 aliphatic carbocycles. The molecule has 1 fully saturated rings. The van der Waals surface area contributed by atoms with E-state index in [1.54, 1.807) is 0 Å². The maximum absolute atomic E-state index is 11.9. The van der Waals surface area contributed by atoms with Crippen molar-refractivity contribution < 1.29 is 33.1 Å². The maximum Gasteiger partial charge on any atom is 0.340 e. The third kappa shape index (κ3) is 5.86. The quantitative estimate of drug-likeness (QED) is 0.202. The van der Waals surface area contributed by atoms with Gasteiger partial charge in [-0.2, -0.15) is 0 Å². The highest BCUT2D eigenvalue weighted by Crippen LogP contribution is 2.55. The third-order valence-electron chi connectivity index (χ3n) is 3.66. The second-order valence-electron chi connectivity index (χ2n) is 5.86. The number of aromatic amines is 1. The molecule has 2 rings (SSSR count). The highest BCUT2D eigenvalue weighted by molar-refractivity contribution is 7.70. The van der Waals surface area contributed by atoms with Gasteiger partial charge in [0.05, 0.1) is 18.8 Å². The van der Waals surface area contributed by atoms with Crippen molar-refractivity contribution in [2.75, 3.05) is 12.5 Å². The lowest BCUT2D eigenvalue weighted by molar-refractivity contribution is -0.0238. The first-order valence-electron chi connectivity index (χ1n) is 7.44. The van der Waals surface area contributed by atoms with Gasteiger partial charge in [-0.3, -0.25) is 23.5 Å². The fourth-order valence-electron chi connectivity index (χ4n) is 2.49. The normalized spacial score (nSPS) is 25.0. The van der Waals surface area contributed by atoms with Crippen LogP contribution in [-0.4, -0.2) is 48.9 Å². The van der Waals surface area contributed by atoms with Gasteiger partial charge in [-0.25, -0.2) is 4.79 Å². The molecule has 1 aromatic heterocycles. The summed E-state index contributed by atoms with van der Waals surface area (Å²) < 4.78 is 33.9. The highest BCUT2D eigenvalue weighted by atomic mass is 31.2. The molecular weight excluding hydrogens is 408 g/mol. The van der Waals surface area contributed by atoms with Crippen LogP contribution < -0.4 is 11.2 Å². The smallest absolute Gasteiger partial charge is 0.340 e. The molecule has 0 aromatic carbocycles. The molecule has 1 aromatic rings. The number of hydrogen-bond donors (Lipinski definition) is 4. The zero-order chi connectivity index (χ0) is 20.4. The number of H-pyrrole nitrogens is 1. The average molecular weight is 425 g/mol. The van der Waals surface area contributed by atoms with E-state index in [2.05, 4.69) is 19.5 Å². The third-order valence-corrected chi connectivity index (χ3v) is 7.12. The van der Waals surface area contributed by atoms with Gasteiger partial charge >= 0.3 is 20.9 Å². The Morgan fingerprint density at radius 2 is 2.11 bits per heavy atom. The Hall–Kier alpha value is -1.75. The Labute approximate surface area is 151 Å². The molecule has 0 saturated carbocycles. The maximum atomic E-state index is 11.9. The van der Waals surface area contributed by atoms with Crippen LogP contribution in [0.25, 0.3) is 10.4 Å². The Kier molecular flexibility index (Phi) is 6.46. The summed E-state index contributed by atoms with van der Waals surface area (Å²) in [5.41, 5.74) is 7.56. The van der Waals surface area contributed by atoms with E-state index < -0.39 is 57.3 Å². The van der Waals surface area contributed by atoms with Crippen LogP contribution in [0.4, 0.5) is 0 Å². The van der Waals surface area contributed by atoms with Gasteiger partial charge < -0.3 is 23.9 Å². The van der Waals surface area contributed by atoms with E-state index in [0.29, 0.717) is 0 Å². The zero-order valence-corrected chi connectivity index (χ0v) is 15.7. The molecule has 1 unspecified atom stereocenters. The number of aryl methyl sites for hydroxylation is 1. The van der Waals surface area contributed by atoms with Crippen molar-refractivity contribution in [1.29, 1.82) is 0 Å². The average Bonchev–Trinajstić information content (AvgIpc) is 2.90. The van der Waals surface area contributed by atoms with Crippen LogP contribution in [0.3, 0.4) is 0 Å². The summed E-state index contributed by atoms with van der Waals surface area (Å²) in [4.78, 5) is 55.2. The second kappa shape index (κ2) is 8.09. The number of ether oxygens (including phenoxy) is 1. The number of hydrogen-bond acceptors (Lipinski definition) is 7. The summed E-state index contributed by atoms with van der Waals surface area (Å²) in [5, 5.41) is 3.49. The molecule has 1 aliphatic rings. The molecule has 4 atom stereocenters. The minimum Gasteiger partial charge on any atom is -0.352 e. The van der Waals surface area contributed by atoms with Gasteiger partial charge in [0.15, 0.2) is 5.90 Å². The molecule has 0 bridgehead atoms. The van der Waals surface area contributed by atoms with Crippen LogP contribution in [0.2, 0.25) is 0 Å². The van der Waals surface area contributed by atoms with E-state index >= 15 is 0 Å². The fraction of sp³-hybridized carbons (Fsp3) is 0.636. The van der Waals surface area contributed by atoms with Crippen LogP contribution in [0.1, 0.15) is 18.2 Å². The molecule has 1 aliphatic heterocycles. The van der Waals surface area contributed by atoms with Crippen LogP contribution in [0, 0.1) is 6.92 Å². The molecule has 0 amide bonds. The first-order chi connectivity index (χ1) is 12.4. The van der Waals surface area contributed by atoms with E-state index in [-0.39, 0.29) is 12.0 Å². The molecule has 150 valence electrons. The van der Waals surface area contributed by atoms with Crippen molar-refractivity contribution in [2.45, 2.75) is 31.7 Å². The summed E-state index contributed by atoms with van der Waals surface area (Å²) in [6, 6.07) is -0.880. The topological polar surface area (TPSA) is 217 Å². The van der Waals surface area contributed by atoms with E-state index in [9.17, 15) is 23.6 Å². The lowest BCUT2D eigenvalue weighted by atomic mass is 10.1. The molecule has 0 radical (unpaired) electrons. The Balaban J connectivity index is 2.18. The predicted molar refractivity (Wildman–Crippen MR) is 90.2 cm³/mol. The van der Waals surface area contributed by atoms with E-state index in [0.717, 1.165) is 4.57 Å². The molecular formula is C11H17N5O9P2. The van der Waals surface area contributed by atoms with Gasteiger partial charge in [0.2, 0.25) is 0 Å². The van der Waals surface area contributed by atoms with E-state index in [1.165, 1.54) is 13.1 Å². The molecule has 27 heavy (non-hydrogen) atoms. The fourth-order valence-corrected chi connectivity index (χ4v) is 5.06. The van der Waals surface area contributed by atoms with Gasteiger partial charge in [-0.1, -0.05) is 5.11 Å². The number of nitrogens with one attached hydrogen (secondary N) is 1. The molecule has 16 heteroatoms. The van der Waals surface area contributed by atoms with Crippen LogP contribution in [0.15, 0.2) is 20.9 Å². The van der Waals surface area contributed by atoms with Crippen LogP contribution in [0.5, 0.6) is 0 Å². The van der Waals surface area contributed by atoms with Crippen molar-refractivity contribution in [2.24, 2.45) is 5.11 Å². The van der Waals surface area contributed by atoms with E-state index in [4.69, 9.17) is 20.1 Å². The second-order valence-corrected chi connectivity index (χ2v) is 9.85. The molecule has 1 saturated heterocycles. The lowest BCUT2D eigenvalue weighted by Gasteiger charge is -2.19. The summed E-state index contributed by atoms with van der Waals surface area (Å²) in [5.74, 6) is -1.37. The Morgan fingerprint density at radius 1 is 1.44 bits per heavy atom. The molecule has 14 nitrogen and oxygen atoms in total. The van der Waals surface area contributed by atoms with Gasteiger partial charge in [0.1, 0.15) is 6.23 Å². The van der Waals surface area contributed by atoms with Crippen molar-refractivity contribution >= 4 is 15.2 Å². The first kappa shape index (κ1) is 21.5. The van der Waals surface area contributed by atoms with Gasteiger partial charge in [0, 0.05) is 23.1 Å². The largest absolute Gasteiger partial charge is 0.352 e. The monoisotopic (exact) mass is 425 g/mol. The molecule has 4 N–H and O–H groups in total. The van der Waals surface area contributed by atoms with Gasteiger partial charge in [-0.15, -0.1) is 0 Å². The van der Waals surface area contributed by atoms with Crippen molar-refractivity contribution in [3.8, 4) is 0 Å². The van der Waals surface area contributed by atoms with Crippen LogP contribution in [-0.2, 0) is 18.4 Å². The van der Waals surface area contributed by atoms with Gasteiger partial charge in [0.25, 0.3) is 5.56 Å². The number of nitrogens with zero attached hydrogens (tertiary/aromatic N) is 4. The summed E-state index contributed by atoms with van der Waals surface area (Å²) >= 11 is 0. The summed E-state index contributed by atoms with van der Waals surface area (Å²) in [6.07, 6.45) is -0.732. The zero-order valence-electron chi connectivity index (χ0n) is 13.9. The Bertz CT molecular complexity index is 962. The summed E-state index contributed by atoms with van der Waals surface area (Å²) in [6.45, 7) is 0.865. The van der Waals surface area contributed by atoms with Gasteiger partial charge in [-0.05, 0) is 12.5 Å². The SMILES string of the molecule is Cc1cn([C@H]2C[C@H](N=[N+]=[N-])[C@@H](COP(=O)(O)CP(=O)(O)O)O2)c(=O)[nH]c1=O. The lowest BCUT2D eigenvalue weighted by Crippen LogP contribution is -2.33. The molecule has 2 heterocycles. The highest BCUT2D eigenvalue weighted by Gasteiger charge is 2.39. The van der Waals surface area contributed by atoms with E-state index in [1.807, 2.05) is 0 Å². The molecule has 0 spiro atoms. The van der Waals surface area contributed by atoms with Crippen molar-refractivity contribution in [3.05, 3.63) is 43.0 Å². The van der Waals surface area contributed by atoms with Crippen LogP contribution >= 0.6 is 15.2 Å². The van der Waals surface area contributed by atoms with Crippen molar-refractivity contribution in [1.82, 2.24) is 9.55 Å². The van der Waals surface area contributed by atoms with Crippen molar-refractivity contribution in [3.63, 3.8) is 0 Å². The Morgan fingerprint density at radius 3 is 2.70 bits per heavy atom. The number of azide groups is 1. The summed E-state index contributed by atoms with van der Waals surface area (Å²) in [7, 11) is -9.41. The standard InChI is InChI=1S/C11H17N5O9P2/c1-6-3-16(11(18)13-10(6)17)9-2-7(14-15-12)8(25-9)4-24-27(22,23)5-26(19,20)21/h3,7-9H,2,4-5H2,1H3,(H,22,23)(H,13,17,18)(H2,19,20,21)/t7-,8+,9+/m0/s1.